The van der Waals surface area contributed by atoms with E-state index in [1.807, 2.05) is 6.92 Å². The first-order chi connectivity index (χ1) is 9.24. The van der Waals surface area contributed by atoms with E-state index in [-0.39, 0.29) is 0 Å². The van der Waals surface area contributed by atoms with E-state index in [2.05, 4.69) is 27.1 Å². The summed E-state index contributed by atoms with van der Waals surface area (Å²) in [5.74, 6) is 2.41. The number of hydrogen-bond donors (Lipinski definition) is 1. The van der Waals surface area contributed by atoms with Crippen molar-refractivity contribution in [1.29, 1.82) is 0 Å². The van der Waals surface area contributed by atoms with Crippen LogP contribution in [0.3, 0.4) is 0 Å². The lowest BCUT2D eigenvalue weighted by atomic mass is 9.92. The molecule has 19 heavy (non-hydrogen) atoms. The summed E-state index contributed by atoms with van der Waals surface area (Å²) in [6.45, 7) is 7.21. The number of aromatic nitrogens is 2. The molecule has 0 aliphatic carbocycles. The van der Waals surface area contributed by atoms with E-state index in [0.29, 0.717) is 11.0 Å². The zero-order valence-corrected chi connectivity index (χ0v) is 12.6. The van der Waals surface area contributed by atoms with Crippen LogP contribution >= 0.6 is 11.6 Å². The SMILES string of the molecule is CCCC1CCN(c2nc(NCC)ncc2Cl)CC1. The first kappa shape index (κ1) is 14.4. The lowest BCUT2D eigenvalue weighted by Crippen LogP contribution is -2.34. The molecule has 0 amide bonds. The highest BCUT2D eigenvalue weighted by atomic mass is 35.5. The van der Waals surface area contributed by atoms with Crippen molar-refractivity contribution in [1.82, 2.24) is 9.97 Å². The summed E-state index contributed by atoms with van der Waals surface area (Å²) in [5.41, 5.74) is 0. The monoisotopic (exact) mass is 282 g/mol. The second kappa shape index (κ2) is 6.94. The van der Waals surface area contributed by atoms with Gasteiger partial charge in [0.05, 0.1) is 6.20 Å². The largest absolute Gasteiger partial charge is 0.355 e. The normalized spacial score (nSPS) is 16.7. The Kier molecular flexibility index (Phi) is 5.25. The summed E-state index contributed by atoms with van der Waals surface area (Å²) >= 11 is 6.23. The van der Waals surface area contributed by atoms with Crippen molar-refractivity contribution in [3.05, 3.63) is 11.2 Å². The van der Waals surface area contributed by atoms with Gasteiger partial charge in [-0.3, -0.25) is 0 Å². The van der Waals surface area contributed by atoms with Crippen LogP contribution in [-0.4, -0.2) is 29.6 Å². The summed E-state index contributed by atoms with van der Waals surface area (Å²) in [6.07, 6.45) is 6.80. The Morgan fingerprint density at radius 3 is 2.74 bits per heavy atom. The van der Waals surface area contributed by atoms with Gasteiger partial charge in [0.15, 0.2) is 5.82 Å². The van der Waals surface area contributed by atoms with E-state index in [0.717, 1.165) is 31.4 Å². The summed E-state index contributed by atoms with van der Waals surface area (Å²) < 4.78 is 0. The van der Waals surface area contributed by atoms with Crippen molar-refractivity contribution in [2.45, 2.75) is 39.5 Å². The predicted molar refractivity (Wildman–Crippen MR) is 81.1 cm³/mol. The molecule has 1 saturated heterocycles. The van der Waals surface area contributed by atoms with Crippen LogP contribution in [0.1, 0.15) is 39.5 Å². The third-order valence-electron chi connectivity index (χ3n) is 3.67. The number of nitrogens with zero attached hydrogens (tertiary/aromatic N) is 3. The first-order valence-corrected chi connectivity index (χ1v) is 7.63. The molecule has 1 fully saturated rings. The molecule has 4 nitrogen and oxygen atoms in total. The molecular formula is C14H23ClN4. The second-order valence-electron chi connectivity index (χ2n) is 5.11. The minimum Gasteiger partial charge on any atom is -0.355 e. The number of anilines is 2. The van der Waals surface area contributed by atoms with Gasteiger partial charge < -0.3 is 10.2 Å². The zero-order valence-electron chi connectivity index (χ0n) is 11.8. The Hall–Kier alpha value is -1.03. The van der Waals surface area contributed by atoms with E-state index >= 15 is 0 Å². The zero-order chi connectivity index (χ0) is 13.7. The maximum Gasteiger partial charge on any atom is 0.224 e. The van der Waals surface area contributed by atoms with Crippen LogP contribution < -0.4 is 10.2 Å². The summed E-state index contributed by atoms with van der Waals surface area (Å²) in [4.78, 5) is 11.0. The van der Waals surface area contributed by atoms with E-state index in [1.165, 1.54) is 25.7 Å². The topological polar surface area (TPSA) is 41.1 Å². The van der Waals surface area contributed by atoms with Gasteiger partial charge in [-0.25, -0.2) is 4.98 Å². The van der Waals surface area contributed by atoms with Crippen LogP contribution in [0.4, 0.5) is 11.8 Å². The Bertz CT molecular complexity index is 402. The standard InChI is InChI=1S/C14H23ClN4/c1-3-5-11-6-8-19(9-7-11)13-12(15)10-17-14(18-13)16-4-2/h10-11H,3-9H2,1-2H3,(H,16,17,18). The van der Waals surface area contributed by atoms with Crippen LogP contribution in [0.25, 0.3) is 0 Å². The Labute approximate surface area is 120 Å². The molecule has 1 aromatic heterocycles. The Morgan fingerprint density at radius 1 is 1.37 bits per heavy atom. The molecule has 0 unspecified atom stereocenters. The molecule has 0 radical (unpaired) electrons. The lowest BCUT2D eigenvalue weighted by molar-refractivity contribution is 0.377. The summed E-state index contributed by atoms with van der Waals surface area (Å²) in [7, 11) is 0. The van der Waals surface area contributed by atoms with Crippen molar-refractivity contribution in [2.75, 3.05) is 29.9 Å². The highest BCUT2D eigenvalue weighted by Crippen LogP contribution is 2.29. The fourth-order valence-electron chi connectivity index (χ4n) is 2.66. The maximum atomic E-state index is 6.23. The highest BCUT2D eigenvalue weighted by Gasteiger charge is 2.21. The molecule has 2 heterocycles. The van der Waals surface area contributed by atoms with Crippen LogP contribution in [0.15, 0.2) is 6.20 Å². The molecule has 0 saturated carbocycles. The molecule has 0 aromatic carbocycles. The van der Waals surface area contributed by atoms with Crippen LogP contribution in [-0.2, 0) is 0 Å². The van der Waals surface area contributed by atoms with Gasteiger partial charge in [0, 0.05) is 19.6 Å². The smallest absolute Gasteiger partial charge is 0.224 e. The first-order valence-electron chi connectivity index (χ1n) is 7.26. The number of rotatable bonds is 5. The van der Waals surface area contributed by atoms with Crippen LogP contribution in [0.2, 0.25) is 5.02 Å². The van der Waals surface area contributed by atoms with Gasteiger partial charge in [0.1, 0.15) is 5.02 Å². The average molecular weight is 283 g/mol. The highest BCUT2D eigenvalue weighted by molar-refractivity contribution is 6.32. The fourth-order valence-corrected chi connectivity index (χ4v) is 2.88. The molecule has 1 aliphatic heterocycles. The van der Waals surface area contributed by atoms with Gasteiger partial charge in [-0.1, -0.05) is 31.4 Å². The molecule has 1 aliphatic rings. The maximum absolute atomic E-state index is 6.23. The minimum absolute atomic E-state index is 0.649. The van der Waals surface area contributed by atoms with Gasteiger partial charge >= 0.3 is 0 Å². The van der Waals surface area contributed by atoms with E-state index in [1.54, 1.807) is 6.20 Å². The Morgan fingerprint density at radius 2 is 2.11 bits per heavy atom. The molecule has 0 atom stereocenters. The molecule has 0 spiro atoms. The molecule has 5 heteroatoms. The van der Waals surface area contributed by atoms with Gasteiger partial charge in [-0.05, 0) is 25.7 Å². The number of halogens is 1. The summed E-state index contributed by atoms with van der Waals surface area (Å²) in [6, 6.07) is 0. The van der Waals surface area contributed by atoms with Gasteiger partial charge in [-0.2, -0.15) is 4.98 Å². The van der Waals surface area contributed by atoms with Crippen LogP contribution in [0.5, 0.6) is 0 Å². The molecule has 2 rings (SSSR count). The van der Waals surface area contributed by atoms with Gasteiger partial charge in [-0.15, -0.1) is 0 Å². The molecule has 0 bridgehead atoms. The van der Waals surface area contributed by atoms with Crippen molar-refractivity contribution in [3.63, 3.8) is 0 Å². The predicted octanol–water partition coefficient (Wildman–Crippen LogP) is 3.58. The number of hydrogen-bond acceptors (Lipinski definition) is 4. The molecule has 1 aromatic rings. The fraction of sp³-hybridized carbons (Fsp3) is 0.714. The number of nitrogens with one attached hydrogen (secondary N) is 1. The number of piperidine rings is 1. The second-order valence-corrected chi connectivity index (χ2v) is 5.52. The summed E-state index contributed by atoms with van der Waals surface area (Å²) in [5, 5.41) is 3.78. The van der Waals surface area contributed by atoms with Crippen molar-refractivity contribution in [2.24, 2.45) is 5.92 Å². The van der Waals surface area contributed by atoms with E-state index < -0.39 is 0 Å². The third-order valence-corrected chi connectivity index (χ3v) is 3.94. The van der Waals surface area contributed by atoms with Crippen LogP contribution in [0, 0.1) is 5.92 Å². The lowest BCUT2D eigenvalue weighted by Gasteiger charge is -2.33. The van der Waals surface area contributed by atoms with Crippen molar-refractivity contribution >= 4 is 23.4 Å². The molecule has 106 valence electrons. The van der Waals surface area contributed by atoms with Crippen molar-refractivity contribution < 1.29 is 0 Å². The minimum atomic E-state index is 0.649. The third kappa shape index (κ3) is 3.72. The van der Waals surface area contributed by atoms with E-state index in [4.69, 9.17) is 11.6 Å². The van der Waals surface area contributed by atoms with E-state index in [9.17, 15) is 0 Å². The van der Waals surface area contributed by atoms with Crippen molar-refractivity contribution in [3.8, 4) is 0 Å². The molecule has 1 N–H and O–H groups in total. The van der Waals surface area contributed by atoms with Gasteiger partial charge in [0.25, 0.3) is 0 Å². The Balaban J connectivity index is 2.03. The quantitative estimate of drug-likeness (QED) is 0.896. The van der Waals surface area contributed by atoms with Gasteiger partial charge in [0.2, 0.25) is 5.95 Å². The molecular weight excluding hydrogens is 260 g/mol. The average Bonchev–Trinajstić information content (AvgIpc) is 2.43.